The van der Waals surface area contributed by atoms with Crippen LogP contribution in [0.3, 0.4) is 0 Å². The average molecular weight is 767 g/mol. The summed E-state index contributed by atoms with van der Waals surface area (Å²) in [4.78, 5) is 59.2. The molecule has 194 valence electrons. The van der Waals surface area contributed by atoms with E-state index in [4.69, 9.17) is 20.4 Å². The summed E-state index contributed by atoms with van der Waals surface area (Å²) in [6.45, 7) is 0. The molecule has 4 heterocycles. The number of hydrogen-bond acceptors (Lipinski definition) is 8. The van der Waals surface area contributed by atoms with Crippen molar-refractivity contribution in [3.63, 3.8) is 0 Å². The van der Waals surface area contributed by atoms with Gasteiger partial charge >= 0.3 is 23.9 Å². The van der Waals surface area contributed by atoms with E-state index in [0.29, 0.717) is 22.8 Å². The van der Waals surface area contributed by atoms with Gasteiger partial charge in [0.1, 0.15) is 0 Å². The molecule has 12 nitrogen and oxygen atoms in total. The molecule has 0 saturated heterocycles. The normalized spacial score (nSPS) is 9.23. The monoisotopic (exact) mass is 768 g/mol. The van der Waals surface area contributed by atoms with Crippen molar-refractivity contribution >= 4 is 23.9 Å². The minimum Gasteiger partial charge on any atom is -0.478 e. The van der Waals surface area contributed by atoms with Crippen LogP contribution in [0, 0.1) is 0 Å². The summed E-state index contributed by atoms with van der Waals surface area (Å²) < 4.78 is 0. The Morgan fingerprint density at radius 3 is 0.769 bits per heavy atom. The topological polar surface area (TPSA) is 201 Å². The van der Waals surface area contributed by atoms with Crippen LogP contribution in [0.15, 0.2) is 73.3 Å². The Kier molecular flexibility index (Phi) is 15.9. The molecule has 0 atom stereocenters. The Labute approximate surface area is 283 Å². The van der Waals surface area contributed by atoms with Crippen molar-refractivity contribution in [1.82, 2.24) is 19.9 Å². The predicted octanol–water partition coefficient (Wildman–Crippen LogP) is 3.07. The number of carbonyl (C=O) groups is 4. The van der Waals surface area contributed by atoms with E-state index < -0.39 is 23.9 Å². The molecule has 0 saturated carbocycles. The van der Waals surface area contributed by atoms with Crippen molar-refractivity contribution in [3.8, 4) is 22.8 Å². The molecule has 0 aliphatic rings. The van der Waals surface area contributed by atoms with Crippen molar-refractivity contribution in [2.75, 3.05) is 0 Å². The minimum atomic E-state index is -1.08. The molecule has 4 aromatic rings. The number of aromatic nitrogens is 4. The minimum absolute atomic E-state index is 0. The van der Waals surface area contributed by atoms with Gasteiger partial charge in [-0.1, -0.05) is 0 Å². The van der Waals surface area contributed by atoms with Crippen LogP contribution in [-0.2, 0) is 84.9 Å². The molecule has 0 aliphatic heterocycles. The first-order valence-corrected chi connectivity index (χ1v) is 9.94. The summed E-state index contributed by atoms with van der Waals surface area (Å²) in [6, 6.07) is 10.8. The molecule has 4 rings (SSSR count). The van der Waals surface area contributed by atoms with Gasteiger partial charge in [0.2, 0.25) is 0 Å². The van der Waals surface area contributed by atoms with Crippen LogP contribution in [0.5, 0.6) is 0 Å². The quantitative estimate of drug-likeness (QED) is 0.210. The van der Waals surface area contributed by atoms with Gasteiger partial charge in [0.15, 0.2) is 0 Å². The fourth-order valence-corrected chi connectivity index (χ4v) is 2.81. The fourth-order valence-electron chi connectivity index (χ4n) is 2.81. The van der Waals surface area contributed by atoms with Gasteiger partial charge < -0.3 is 20.4 Å². The zero-order chi connectivity index (χ0) is 26.2. The molecule has 39 heavy (non-hydrogen) atoms. The molecule has 0 bridgehead atoms. The maximum Gasteiger partial charge on any atom is 0.335 e. The smallest absolute Gasteiger partial charge is 0.335 e. The van der Waals surface area contributed by atoms with Crippen molar-refractivity contribution in [2.24, 2.45) is 0 Å². The number of hydrogen-bond donors (Lipinski definition) is 4. The molecule has 2 radical (unpaired) electrons. The van der Waals surface area contributed by atoms with Gasteiger partial charge in [-0.15, -0.1) is 0 Å². The number of carboxylic acids is 4. The van der Waals surface area contributed by atoms with Crippen LogP contribution in [0.4, 0.5) is 0 Å². The zero-order valence-corrected chi connectivity index (χ0v) is 27.1. The predicted molar refractivity (Wildman–Crippen MR) is 123 cm³/mol. The second kappa shape index (κ2) is 17.1. The SMILES string of the molecule is O=C(O)c1ccnc(-c2cc(C(=O)O)ccn2)c1.O=C(O)c1ccnc(-c2cc(C(=O)O)ccn2)c1.[Ru].[Y].[Y]. The van der Waals surface area contributed by atoms with Gasteiger partial charge in [0.25, 0.3) is 0 Å². The number of carboxylic acid groups (broad SMARTS) is 4. The number of rotatable bonds is 6. The van der Waals surface area contributed by atoms with Crippen LogP contribution in [0.2, 0.25) is 0 Å². The van der Waals surface area contributed by atoms with Crippen molar-refractivity contribution in [3.05, 3.63) is 95.6 Å². The summed E-state index contributed by atoms with van der Waals surface area (Å²) >= 11 is 0. The largest absolute Gasteiger partial charge is 0.478 e. The second-order valence-electron chi connectivity index (χ2n) is 6.94. The molecule has 0 unspecified atom stereocenters. The number of aromatic carboxylic acids is 4. The van der Waals surface area contributed by atoms with E-state index in [1.807, 2.05) is 0 Å². The Hall–Kier alpha value is -2.69. The maximum absolute atomic E-state index is 10.8. The van der Waals surface area contributed by atoms with Crippen molar-refractivity contribution in [1.29, 1.82) is 0 Å². The van der Waals surface area contributed by atoms with Crippen LogP contribution in [0.25, 0.3) is 22.8 Å². The van der Waals surface area contributed by atoms with Gasteiger partial charge in [-0.2, -0.15) is 0 Å². The average Bonchev–Trinajstić information content (AvgIpc) is 2.89. The Bertz CT molecular complexity index is 1270. The third kappa shape index (κ3) is 10.4. The van der Waals surface area contributed by atoms with Gasteiger partial charge in [0, 0.05) is 110 Å². The first-order valence-electron chi connectivity index (χ1n) is 9.94. The first-order chi connectivity index (χ1) is 17.2. The van der Waals surface area contributed by atoms with E-state index in [1.165, 1.54) is 73.3 Å². The van der Waals surface area contributed by atoms with Crippen LogP contribution in [0.1, 0.15) is 41.4 Å². The summed E-state index contributed by atoms with van der Waals surface area (Å²) in [6.07, 6.45) is 5.36. The molecule has 4 N–H and O–H groups in total. The molecule has 15 heteroatoms. The van der Waals surface area contributed by atoms with Crippen molar-refractivity contribution in [2.45, 2.75) is 0 Å². The van der Waals surface area contributed by atoms with Crippen LogP contribution in [-0.4, -0.2) is 64.2 Å². The van der Waals surface area contributed by atoms with E-state index >= 15 is 0 Å². The molecule has 4 aromatic heterocycles. The van der Waals surface area contributed by atoms with Crippen molar-refractivity contribution < 1.29 is 125 Å². The first kappa shape index (κ1) is 36.3. The second-order valence-corrected chi connectivity index (χ2v) is 6.94. The molecule has 0 fully saturated rings. The Morgan fingerprint density at radius 1 is 0.436 bits per heavy atom. The molecule has 0 amide bonds. The zero-order valence-electron chi connectivity index (χ0n) is 19.6. The molecular weight excluding hydrogens is 751 g/mol. The van der Waals surface area contributed by atoms with Gasteiger partial charge in [-0.05, 0) is 48.5 Å². The summed E-state index contributed by atoms with van der Waals surface area (Å²) in [5.41, 5.74) is 1.56. The Balaban J connectivity index is 0.000000688. The third-order valence-corrected chi connectivity index (χ3v) is 4.55. The standard InChI is InChI=1S/2C12H8N2O4.Ru.2Y/c2*15-11(16)7-1-3-13-9(5-7)10-6-8(12(17)18)2-4-14-10;;;/h2*1-6H,(H,15,16)(H,17,18);;;. The van der Waals surface area contributed by atoms with E-state index in [-0.39, 0.29) is 107 Å². The fraction of sp³-hybridized carbons (Fsp3) is 0. The van der Waals surface area contributed by atoms with Crippen LogP contribution >= 0.6 is 0 Å². The summed E-state index contributed by atoms with van der Waals surface area (Å²) in [5.74, 6) is -4.30. The Morgan fingerprint density at radius 2 is 0.615 bits per heavy atom. The van der Waals surface area contributed by atoms with Gasteiger partial charge in [-0.25, -0.2) is 19.2 Å². The molecular formula is C24H16N4O8RuY2. The van der Waals surface area contributed by atoms with Gasteiger partial charge in [-0.3, -0.25) is 19.9 Å². The molecule has 0 aliphatic carbocycles. The molecule has 0 aromatic carbocycles. The third-order valence-electron chi connectivity index (χ3n) is 4.55. The van der Waals surface area contributed by atoms with Gasteiger partial charge in [0.05, 0.1) is 45.0 Å². The van der Waals surface area contributed by atoms with E-state index in [9.17, 15) is 19.2 Å². The number of nitrogens with zero attached hydrogens (tertiary/aromatic N) is 4. The van der Waals surface area contributed by atoms with E-state index in [0.717, 1.165) is 0 Å². The number of pyridine rings is 4. The summed E-state index contributed by atoms with van der Waals surface area (Å²) in [7, 11) is 0. The van der Waals surface area contributed by atoms with Crippen LogP contribution < -0.4 is 0 Å². The molecule has 0 spiro atoms. The maximum atomic E-state index is 10.8. The van der Waals surface area contributed by atoms with E-state index in [1.54, 1.807) is 0 Å². The summed E-state index contributed by atoms with van der Waals surface area (Å²) in [5, 5.41) is 35.4. The van der Waals surface area contributed by atoms with E-state index in [2.05, 4.69) is 19.9 Å².